The molecule has 108 valence electrons. The van der Waals surface area contributed by atoms with Gasteiger partial charge in [-0.1, -0.05) is 25.5 Å². The molecule has 1 aromatic rings. The average molecular weight is 276 g/mol. The molecular formula is C15H20N2O3. The van der Waals surface area contributed by atoms with Gasteiger partial charge in [-0.3, -0.25) is 14.4 Å². The van der Waals surface area contributed by atoms with Gasteiger partial charge in [-0.25, -0.2) is 0 Å². The van der Waals surface area contributed by atoms with E-state index in [1.807, 2.05) is 6.92 Å². The van der Waals surface area contributed by atoms with Gasteiger partial charge in [-0.2, -0.15) is 0 Å². The lowest BCUT2D eigenvalue weighted by atomic mass is 10.1. The van der Waals surface area contributed by atoms with Crippen molar-refractivity contribution in [2.24, 2.45) is 0 Å². The first-order chi connectivity index (χ1) is 9.45. The molecular weight excluding hydrogens is 256 g/mol. The molecule has 20 heavy (non-hydrogen) atoms. The molecule has 0 heterocycles. The number of anilines is 1. The highest BCUT2D eigenvalue weighted by Crippen LogP contribution is 2.11. The molecule has 1 rings (SSSR count). The Hall–Kier alpha value is -2.17. The summed E-state index contributed by atoms with van der Waals surface area (Å²) in [5.41, 5.74) is 0.939. The summed E-state index contributed by atoms with van der Waals surface area (Å²) in [5, 5.41) is 2.51. The van der Waals surface area contributed by atoms with E-state index < -0.39 is 11.8 Å². The van der Waals surface area contributed by atoms with Crippen LogP contribution < -0.4 is 5.32 Å². The zero-order chi connectivity index (χ0) is 15.1. The highest BCUT2D eigenvalue weighted by Gasteiger charge is 2.18. The molecule has 0 spiro atoms. The Labute approximate surface area is 119 Å². The van der Waals surface area contributed by atoms with Gasteiger partial charge in [-0.15, -0.1) is 0 Å². The normalized spacial score (nSPS) is 9.95. The minimum absolute atomic E-state index is 0.0903. The lowest BCUT2D eigenvalue weighted by molar-refractivity contribution is -0.142. The first kappa shape index (κ1) is 15.9. The van der Waals surface area contributed by atoms with Gasteiger partial charge in [0.1, 0.15) is 0 Å². The Bertz CT molecular complexity index is 512. The monoisotopic (exact) mass is 276 g/mol. The zero-order valence-corrected chi connectivity index (χ0v) is 12.1. The van der Waals surface area contributed by atoms with Crippen molar-refractivity contribution in [1.82, 2.24) is 4.90 Å². The van der Waals surface area contributed by atoms with Crippen molar-refractivity contribution in [3.8, 4) is 0 Å². The molecule has 1 aromatic carbocycles. The van der Waals surface area contributed by atoms with Crippen LogP contribution in [-0.4, -0.2) is 36.1 Å². The van der Waals surface area contributed by atoms with Crippen LogP contribution in [0.1, 0.15) is 37.0 Å². The second kappa shape index (κ2) is 7.43. The number of hydrogen-bond acceptors (Lipinski definition) is 3. The summed E-state index contributed by atoms with van der Waals surface area (Å²) in [4.78, 5) is 36.3. The van der Waals surface area contributed by atoms with Crippen molar-refractivity contribution in [2.75, 3.05) is 18.9 Å². The number of carbonyl (C=O) groups is 3. The predicted molar refractivity (Wildman–Crippen MR) is 77.6 cm³/mol. The van der Waals surface area contributed by atoms with Crippen LogP contribution in [0.2, 0.25) is 0 Å². The topological polar surface area (TPSA) is 66.5 Å². The third-order valence-electron chi connectivity index (χ3n) is 2.91. The number of ketones is 1. The lowest BCUT2D eigenvalue weighted by Gasteiger charge is -2.16. The van der Waals surface area contributed by atoms with Gasteiger partial charge in [0.15, 0.2) is 5.78 Å². The lowest BCUT2D eigenvalue weighted by Crippen LogP contribution is -2.37. The molecule has 0 aliphatic heterocycles. The molecule has 0 fully saturated rings. The maximum Gasteiger partial charge on any atom is 0.313 e. The third-order valence-corrected chi connectivity index (χ3v) is 2.91. The van der Waals surface area contributed by atoms with E-state index >= 15 is 0 Å². The van der Waals surface area contributed by atoms with Crippen molar-refractivity contribution in [2.45, 2.75) is 26.7 Å². The molecule has 5 heteroatoms. The van der Waals surface area contributed by atoms with Crippen molar-refractivity contribution >= 4 is 23.3 Å². The minimum Gasteiger partial charge on any atom is -0.338 e. The Morgan fingerprint density at radius 3 is 2.55 bits per heavy atom. The number of benzene rings is 1. The van der Waals surface area contributed by atoms with Gasteiger partial charge < -0.3 is 10.2 Å². The molecule has 1 N–H and O–H groups in total. The number of Topliss-reactive ketones (excluding diaryl/α,β-unsaturated/α-hetero) is 1. The second-order valence-electron chi connectivity index (χ2n) is 4.67. The Kier molecular flexibility index (Phi) is 5.90. The highest BCUT2D eigenvalue weighted by molar-refractivity contribution is 6.39. The summed E-state index contributed by atoms with van der Waals surface area (Å²) >= 11 is 0. The summed E-state index contributed by atoms with van der Waals surface area (Å²) in [6.45, 7) is 4.02. The van der Waals surface area contributed by atoms with Crippen LogP contribution in [0, 0.1) is 0 Å². The molecule has 0 saturated carbocycles. The minimum atomic E-state index is -0.690. The summed E-state index contributed by atoms with van der Waals surface area (Å²) in [6, 6.07) is 6.52. The van der Waals surface area contributed by atoms with Gasteiger partial charge in [0.05, 0.1) is 0 Å². The molecule has 0 aliphatic carbocycles. The van der Waals surface area contributed by atoms with E-state index in [1.54, 1.807) is 31.3 Å². The zero-order valence-electron chi connectivity index (χ0n) is 12.1. The van der Waals surface area contributed by atoms with Gasteiger partial charge in [0.2, 0.25) is 0 Å². The molecule has 0 radical (unpaired) electrons. The van der Waals surface area contributed by atoms with Crippen LogP contribution in [0.15, 0.2) is 24.3 Å². The summed E-state index contributed by atoms with van der Waals surface area (Å²) in [6.07, 6.45) is 1.81. The number of nitrogens with zero attached hydrogens (tertiary/aromatic N) is 1. The van der Waals surface area contributed by atoms with E-state index in [2.05, 4.69) is 5.32 Å². The van der Waals surface area contributed by atoms with E-state index in [0.29, 0.717) is 17.8 Å². The number of unbranched alkanes of at least 4 members (excludes halogenated alkanes) is 1. The van der Waals surface area contributed by atoms with E-state index in [4.69, 9.17) is 0 Å². The van der Waals surface area contributed by atoms with E-state index in [0.717, 1.165) is 12.8 Å². The van der Waals surface area contributed by atoms with Gasteiger partial charge in [0, 0.05) is 24.8 Å². The SMILES string of the molecule is CCCCN(C)C(=O)C(=O)Nc1cccc(C(C)=O)c1. The molecule has 0 aromatic heterocycles. The smallest absolute Gasteiger partial charge is 0.313 e. The first-order valence-corrected chi connectivity index (χ1v) is 6.63. The van der Waals surface area contributed by atoms with Crippen molar-refractivity contribution in [1.29, 1.82) is 0 Å². The molecule has 5 nitrogen and oxygen atoms in total. The van der Waals surface area contributed by atoms with E-state index in [-0.39, 0.29) is 5.78 Å². The molecule has 0 unspecified atom stereocenters. The molecule has 0 saturated heterocycles. The average Bonchev–Trinajstić information content (AvgIpc) is 2.44. The summed E-state index contributed by atoms with van der Waals surface area (Å²) in [7, 11) is 1.60. The number of nitrogens with one attached hydrogen (secondary N) is 1. The van der Waals surface area contributed by atoms with Crippen LogP contribution in [0.3, 0.4) is 0 Å². The van der Waals surface area contributed by atoms with E-state index in [1.165, 1.54) is 11.8 Å². The van der Waals surface area contributed by atoms with Gasteiger partial charge >= 0.3 is 11.8 Å². The Balaban J connectivity index is 2.68. The number of rotatable bonds is 5. The van der Waals surface area contributed by atoms with Gasteiger partial charge in [-0.05, 0) is 25.5 Å². The molecule has 0 aliphatic rings. The van der Waals surface area contributed by atoms with Crippen LogP contribution in [0.4, 0.5) is 5.69 Å². The second-order valence-corrected chi connectivity index (χ2v) is 4.67. The van der Waals surface area contributed by atoms with Crippen LogP contribution in [0.25, 0.3) is 0 Å². The number of carbonyl (C=O) groups excluding carboxylic acids is 3. The van der Waals surface area contributed by atoms with Crippen molar-refractivity contribution in [3.05, 3.63) is 29.8 Å². The maximum absolute atomic E-state index is 11.8. The quantitative estimate of drug-likeness (QED) is 0.661. The summed E-state index contributed by atoms with van der Waals surface area (Å²) < 4.78 is 0. The fourth-order valence-electron chi connectivity index (χ4n) is 1.67. The van der Waals surface area contributed by atoms with E-state index in [9.17, 15) is 14.4 Å². The standard InChI is InChI=1S/C15H20N2O3/c1-4-5-9-17(3)15(20)14(19)16-13-8-6-7-12(10-13)11(2)18/h6-8,10H,4-5,9H2,1-3H3,(H,16,19). The highest BCUT2D eigenvalue weighted by atomic mass is 16.2. The molecule has 2 amide bonds. The Morgan fingerprint density at radius 1 is 1.25 bits per heavy atom. The number of amides is 2. The summed E-state index contributed by atoms with van der Waals surface area (Å²) in [5.74, 6) is -1.36. The maximum atomic E-state index is 11.8. The third kappa shape index (κ3) is 4.50. The van der Waals surface area contributed by atoms with Gasteiger partial charge in [0.25, 0.3) is 0 Å². The first-order valence-electron chi connectivity index (χ1n) is 6.63. The Morgan fingerprint density at radius 2 is 1.95 bits per heavy atom. The number of hydrogen-bond donors (Lipinski definition) is 1. The fraction of sp³-hybridized carbons (Fsp3) is 0.400. The fourth-order valence-corrected chi connectivity index (χ4v) is 1.67. The largest absolute Gasteiger partial charge is 0.338 e. The molecule has 0 atom stereocenters. The number of likely N-dealkylation sites (N-methyl/N-ethyl adjacent to an activating group) is 1. The van der Waals surface area contributed by atoms with Crippen LogP contribution in [0.5, 0.6) is 0 Å². The van der Waals surface area contributed by atoms with Crippen LogP contribution >= 0.6 is 0 Å². The van der Waals surface area contributed by atoms with Crippen molar-refractivity contribution in [3.63, 3.8) is 0 Å². The van der Waals surface area contributed by atoms with Crippen LogP contribution in [-0.2, 0) is 9.59 Å². The predicted octanol–water partition coefficient (Wildman–Crippen LogP) is 2.09. The van der Waals surface area contributed by atoms with Crippen molar-refractivity contribution < 1.29 is 14.4 Å². The molecule has 0 bridgehead atoms.